The smallest absolute Gasteiger partial charge is 0.167 e. The summed E-state index contributed by atoms with van der Waals surface area (Å²) in [6, 6.07) is 6.59. The van der Waals surface area contributed by atoms with E-state index in [0.29, 0.717) is 11.4 Å². The number of aromatic nitrogens is 3. The first-order chi connectivity index (χ1) is 7.50. The molecule has 0 aliphatic heterocycles. The van der Waals surface area contributed by atoms with Crippen molar-refractivity contribution in [3.8, 4) is 11.4 Å². The molecule has 2 rings (SSSR count). The summed E-state index contributed by atoms with van der Waals surface area (Å²) in [6.07, 6.45) is 1.63. The van der Waals surface area contributed by atoms with E-state index in [2.05, 4.69) is 10.2 Å². The Morgan fingerprint density at radius 2 is 1.88 bits per heavy atom. The predicted molar refractivity (Wildman–Crippen MR) is 60.4 cm³/mol. The van der Waals surface area contributed by atoms with E-state index in [1.165, 1.54) is 6.07 Å². The zero-order valence-electron chi connectivity index (χ0n) is 9.61. The fraction of sp³-hybridized carbons (Fsp3) is 0.333. The molecule has 0 unspecified atom stereocenters. The van der Waals surface area contributed by atoms with Gasteiger partial charge in [-0.25, -0.2) is 4.39 Å². The Hall–Kier alpha value is -1.71. The van der Waals surface area contributed by atoms with Gasteiger partial charge in [-0.1, -0.05) is 12.1 Å². The van der Waals surface area contributed by atoms with E-state index in [1.807, 2.05) is 25.3 Å². The standard InChI is InChI=1S/C12H14FN3/c1-12(2,3)16-8-14-15-11(16)9-6-4-5-7-10(9)13/h4-8H,1-3H3. The maximum atomic E-state index is 13.6. The number of hydrogen-bond acceptors (Lipinski definition) is 2. The van der Waals surface area contributed by atoms with Crippen molar-refractivity contribution < 1.29 is 4.39 Å². The fourth-order valence-electron chi connectivity index (χ4n) is 1.55. The summed E-state index contributed by atoms with van der Waals surface area (Å²) in [5.74, 6) is 0.284. The van der Waals surface area contributed by atoms with Crippen molar-refractivity contribution in [1.82, 2.24) is 14.8 Å². The van der Waals surface area contributed by atoms with Gasteiger partial charge in [-0.15, -0.1) is 10.2 Å². The predicted octanol–water partition coefficient (Wildman–Crippen LogP) is 2.84. The summed E-state index contributed by atoms with van der Waals surface area (Å²) in [5, 5.41) is 7.84. The molecule has 0 atom stereocenters. The van der Waals surface area contributed by atoms with E-state index in [-0.39, 0.29) is 11.4 Å². The van der Waals surface area contributed by atoms with Crippen LogP contribution in [0.1, 0.15) is 20.8 Å². The molecule has 0 fully saturated rings. The Bertz CT molecular complexity index is 497. The quantitative estimate of drug-likeness (QED) is 0.738. The van der Waals surface area contributed by atoms with Gasteiger partial charge >= 0.3 is 0 Å². The van der Waals surface area contributed by atoms with E-state index in [9.17, 15) is 4.39 Å². The zero-order chi connectivity index (χ0) is 11.8. The van der Waals surface area contributed by atoms with E-state index in [0.717, 1.165) is 0 Å². The summed E-state index contributed by atoms with van der Waals surface area (Å²) < 4.78 is 15.5. The van der Waals surface area contributed by atoms with Crippen LogP contribution in [0, 0.1) is 5.82 Å². The van der Waals surface area contributed by atoms with Crippen molar-refractivity contribution in [1.29, 1.82) is 0 Å². The minimum atomic E-state index is -0.277. The minimum absolute atomic E-state index is 0.166. The first-order valence-electron chi connectivity index (χ1n) is 5.15. The van der Waals surface area contributed by atoms with Gasteiger partial charge in [0.15, 0.2) is 5.82 Å². The summed E-state index contributed by atoms with van der Waals surface area (Å²) in [4.78, 5) is 0. The van der Waals surface area contributed by atoms with Gasteiger partial charge in [0.1, 0.15) is 12.1 Å². The molecule has 1 heterocycles. The first kappa shape index (κ1) is 10.8. The van der Waals surface area contributed by atoms with Crippen LogP contribution < -0.4 is 0 Å². The van der Waals surface area contributed by atoms with Gasteiger partial charge in [0.05, 0.1) is 5.56 Å². The lowest BCUT2D eigenvalue weighted by atomic mass is 10.1. The highest BCUT2D eigenvalue weighted by molar-refractivity contribution is 5.55. The molecule has 16 heavy (non-hydrogen) atoms. The van der Waals surface area contributed by atoms with Gasteiger partial charge < -0.3 is 4.57 Å². The lowest BCUT2D eigenvalue weighted by molar-refractivity contribution is 0.399. The second-order valence-electron chi connectivity index (χ2n) is 4.68. The molecular weight excluding hydrogens is 205 g/mol. The van der Waals surface area contributed by atoms with Crippen molar-refractivity contribution in [2.24, 2.45) is 0 Å². The molecule has 0 amide bonds. The van der Waals surface area contributed by atoms with Crippen molar-refractivity contribution >= 4 is 0 Å². The minimum Gasteiger partial charge on any atom is -0.308 e. The summed E-state index contributed by atoms with van der Waals surface area (Å²) in [7, 11) is 0. The number of rotatable bonds is 1. The van der Waals surface area contributed by atoms with Crippen LogP contribution in [0.2, 0.25) is 0 Å². The molecule has 0 N–H and O–H groups in total. The number of hydrogen-bond donors (Lipinski definition) is 0. The average Bonchev–Trinajstić information content (AvgIpc) is 2.66. The van der Waals surface area contributed by atoms with Gasteiger partial charge in [0.25, 0.3) is 0 Å². The molecule has 0 bridgehead atoms. The first-order valence-corrected chi connectivity index (χ1v) is 5.15. The van der Waals surface area contributed by atoms with Crippen LogP contribution >= 0.6 is 0 Å². The lowest BCUT2D eigenvalue weighted by Crippen LogP contribution is -2.22. The van der Waals surface area contributed by atoms with Crippen molar-refractivity contribution in [2.75, 3.05) is 0 Å². The van der Waals surface area contributed by atoms with E-state index in [4.69, 9.17) is 0 Å². The summed E-state index contributed by atoms with van der Waals surface area (Å²) in [6.45, 7) is 6.09. The van der Waals surface area contributed by atoms with Crippen LogP contribution in [-0.4, -0.2) is 14.8 Å². The monoisotopic (exact) mass is 219 g/mol. The van der Waals surface area contributed by atoms with Gasteiger partial charge in [-0.2, -0.15) is 0 Å². The summed E-state index contributed by atoms with van der Waals surface area (Å²) in [5.41, 5.74) is 0.316. The van der Waals surface area contributed by atoms with E-state index >= 15 is 0 Å². The van der Waals surface area contributed by atoms with Gasteiger partial charge in [-0.05, 0) is 32.9 Å². The largest absolute Gasteiger partial charge is 0.308 e. The highest BCUT2D eigenvalue weighted by Crippen LogP contribution is 2.25. The van der Waals surface area contributed by atoms with E-state index < -0.39 is 0 Å². The normalized spacial score (nSPS) is 11.8. The SMILES string of the molecule is CC(C)(C)n1cnnc1-c1ccccc1F. The molecule has 4 heteroatoms. The van der Waals surface area contributed by atoms with Gasteiger partial charge in [0, 0.05) is 5.54 Å². The highest BCUT2D eigenvalue weighted by atomic mass is 19.1. The number of benzene rings is 1. The molecule has 3 nitrogen and oxygen atoms in total. The molecule has 0 saturated carbocycles. The Labute approximate surface area is 93.9 Å². The van der Waals surface area contributed by atoms with Gasteiger partial charge in [-0.3, -0.25) is 0 Å². The fourth-order valence-corrected chi connectivity index (χ4v) is 1.55. The molecule has 2 aromatic rings. The third-order valence-electron chi connectivity index (χ3n) is 2.39. The molecule has 84 valence electrons. The van der Waals surface area contributed by atoms with Crippen LogP contribution in [0.5, 0.6) is 0 Å². The molecule has 0 radical (unpaired) electrons. The average molecular weight is 219 g/mol. The van der Waals surface area contributed by atoms with Crippen LogP contribution in [0.3, 0.4) is 0 Å². The second-order valence-corrected chi connectivity index (χ2v) is 4.68. The van der Waals surface area contributed by atoms with Crippen molar-refractivity contribution in [3.63, 3.8) is 0 Å². The van der Waals surface area contributed by atoms with Crippen LogP contribution in [-0.2, 0) is 5.54 Å². The van der Waals surface area contributed by atoms with Crippen LogP contribution in [0.25, 0.3) is 11.4 Å². The van der Waals surface area contributed by atoms with Gasteiger partial charge in [0.2, 0.25) is 0 Å². The Morgan fingerprint density at radius 1 is 1.19 bits per heavy atom. The lowest BCUT2D eigenvalue weighted by Gasteiger charge is -2.22. The Balaban J connectivity index is 2.58. The topological polar surface area (TPSA) is 30.7 Å². The molecule has 0 saturated heterocycles. The van der Waals surface area contributed by atoms with Crippen molar-refractivity contribution in [2.45, 2.75) is 26.3 Å². The molecule has 1 aromatic carbocycles. The van der Waals surface area contributed by atoms with Crippen LogP contribution in [0.4, 0.5) is 4.39 Å². The number of nitrogens with zero attached hydrogens (tertiary/aromatic N) is 3. The molecule has 1 aromatic heterocycles. The molecule has 0 aliphatic rings. The Morgan fingerprint density at radius 3 is 2.50 bits per heavy atom. The second kappa shape index (κ2) is 3.70. The maximum Gasteiger partial charge on any atom is 0.167 e. The zero-order valence-corrected chi connectivity index (χ0v) is 9.61. The molecule has 0 aliphatic carbocycles. The number of halogens is 1. The highest BCUT2D eigenvalue weighted by Gasteiger charge is 2.20. The van der Waals surface area contributed by atoms with Crippen molar-refractivity contribution in [3.05, 3.63) is 36.4 Å². The third kappa shape index (κ3) is 1.83. The van der Waals surface area contributed by atoms with Crippen LogP contribution in [0.15, 0.2) is 30.6 Å². The Kier molecular flexibility index (Phi) is 2.50. The maximum absolute atomic E-state index is 13.6. The molecule has 0 spiro atoms. The summed E-state index contributed by atoms with van der Waals surface area (Å²) >= 11 is 0. The third-order valence-corrected chi connectivity index (χ3v) is 2.39. The molecular formula is C12H14FN3. The van der Waals surface area contributed by atoms with E-state index in [1.54, 1.807) is 24.5 Å².